The number of carbonyl (C=O) groups is 1. The summed E-state index contributed by atoms with van der Waals surface area (Å²) in [5, 5.41) is 12.0. The maximum atomic E-state index is 12.0. The first-order valence-corrected chi connectivity index (χ1v) is 8.05. The standard InChI is InChI=1S/C20H19NO6/c1-24-15-7-5-11(9-13(15)20(23)27-4)17-18(22)12-6-8-16(25-2)19(26-3)14(12)10-21-17/h5-10,22H,1-4H3. The Balaban J connectivity index is 2.21. The second-order valence-electron chi connectivity index (χ2n) is 5.62. The average molecular weight is 369 g/mol. The number of ether oxygens (including phenoxy) is 4. The van der Waals surface area contributed by atoms with E-state index >= 15 is 0 Å². The van der Waals surface area contributed by atoms with Crippen molar-refractivity contribution in [2.45, 2.75) is 0 Å². The summed E-state index contributed by atoms with van der Waals surface area (Å²) in [7, 11) is 5.82. The molecule has 0 bridgehead atoms. The lowest BCUT2D eigenvalue weighted by Crippen LogP contribution is -2.04. The summed E-state index contributed by atoms with van der Waals surface area (Å²) in [6.07, 6.45) is 1.59. The van der Waals surface area contributed by atoms with Crippen LogP contribution >= 0.6 is 0 Å². The van der Waals surface area contributed by atoms with Gasteiger partial charge in [0.05, 0.1) is 28.4 Å². The highest BCUT2D eigenvalue weighted by Crippen LogP contribution is 2.42. The Kier molecular flexibility index (Phi) is 5.03. The monoisotopic (exact) mass is 369 g/mol. The van der Waals surface area contributed by atoms with Crippen molar-refractivity contribution in [2.24, 2.45) is 0 Å². The molecule has 7 heteroatoms. The van der Waals surface area contributed by atoms with Gasteiger partial charge in [-0.05, 0) is 30.3 Å². The fraction of sp³-hybridized carbons (Fsp3) is 0.200. The normalized spacial score (nSPS) is 10.5. The van der Waals surface area contributed by atoms with Gasteiger partial charge in [-0.1, -0.05) is 0 Å². The van der Waals surface area contributed by atoms with E-state index in [1.165, 1.54) is 28.4 Å². The van der Waals surface area contributed by atoms with Crippen molar-refractivity contribution >= 4 is 16.7 Å². The highest BCUT2D eigenvalue weighted by atomic mass is 16.5. The first-order valence-electron chi connectivity index (χ1n) is 8.05. The van der Waals surface area contributed by atoms with Gasteiger partial charge in [0.1, 0.15) is 22.8 Å². The van der Waals surface area contributed by atoms with Crippen molar-refractivity contribution in [1.29, 1.82) is 0 Å². The Morgan fingerprint density at radius 2 is 1.63 bits per heavy atom. The SMILES string of the molecule is COC(=O)c1cc(-c2ncc3c(OC)c(OC)ccc3c2O)ccc1OC. The van der Waals surface area contributed by atoms with Gasteiger partial charge in [-0.2, -0.15) is 0 Å². The van der Waals surface area contributed by atoms with E-state index in [1.54, 1.807) is 36.5 Å². The summed E-state index contributed by atoms with van der Waals surface area (Å²) in [4.78, 5) is 16.4. The molecule has 3 rings (SSSR count). The predicted octanol–water partition coefficient (Wildman–Crippen LogP) is 3.42. The summed E-state index contributed by atoms with van der Waals surface area (Å²) < 4.78 is 20.7. The second-order valence-corrected chi connectivity index (χ2v) is 5.62. The number of aromatic hydroxyl groups is 1. The number of hydrogen-bond acceptors (Lipinski definition) is 7. The van der Waals surface area contributed by atoms with Crippen molar-refractivity contribution in [3.05, 3.63) is 42.1 Å². The third-order valence-electron chi connectivity index (χ3n) is 4.26. The highest BCUT2D eigenvalue weighted by molar-refractivity contribution is 5.99. The van der Waals surface area contributed by atoms with Crippen LogP contribution in [0.1, 0.15) is 10.4 Å². The minimum absolute atomic E-state index is 0.0329. The minimum Gasteiger partial charge on any atom is -0.505 e. The van der Waals surface area contributed by atoms with Gasteiger partial charge in [-0.25, -0.2) is 4.79 Å². The summed E-state index contributed by atoms with van der Waals surface area (Å²) in [6.45, 7) is 0. The van der Waals surface area contributed by atoms with Gasteiger partial charge >= 0.3 is 5.97 Å². The number of aromatic nitrogens is 1. The molecule has 0 atom stereocenters. The molecule has 3 aromatic rings. The first-order chi connectivity index (χ1) is 13.0. The molecule has 1 aromatic heterocycles. The number of benzene rings is 2. The summed E-state index contributed by atoms with van der Waals surface area (Å²) in [6, 6.07) is 8.33. The number of hydrogen-bond donors (Lipinski definition) is 1. The van der Waals surface area contributed by atoms with Crippen LogP contribution in [-0.2, 0) is 4.74 Å². The molecule has 2 aromatic carbocycles. The Hall–Kier alpha value is -3.48. The molecule has 0 fully saturated rings. The molecule has 140 valence electrons. The van der Waals surface area contributed by atoms with Crippen molar-refractivity contribution in [3.8, 4) is 34.3 Å². The zero-order valence-corrected chi connectivity index (χ0v) is 15.4. The smallest absolute Gasteiger partial charge is 0.341 e. The molecule has 0 aliphatic rings. The lowest BCUT2D eigenvalue weighted by molar-refractivity contribution is 0.0597. The zero-order valence-electron chi connectivity index (χ0n) is 15.4. The van der Waals surface area contributed by atoms with E-state index in [-0.39, 0.29) is 11.3 Å². The van der Waals surface area contributed by atoms with Gasteiger partial charge in [0.15, 0.2) is 11.5 Å². The van der Waals surface area contributed by atoms with Gasteiger partial charge in [-0.3, -0.25) is 4.98 Å². The Morgan fingerprint density at radius 1 is 0.926 bits per heavy atom. The highest BCUT2D eigenvalue weighted by Gasteiger charge is 2.19. The van der Waals surface area contributed by atoms with Gasteiger partial charge in [0.2, 0.25) is 0 Å². The molecule has 0 amide bonds. The maximum Gasteiger partial charge on any atom is 0.341 e. The van der Waals surface area contributed by atoms with Crippen LogP contribution in [0.25, 0.3) is 22.0 Å². The second kappa shape index (κ2) is 7.41. The third-order valence-corrected chi connectivity index (χ3v) is 4.26. The predicted molar refractivity (Wildman–Crippen MR) is 99.8 cm³/mol. The van der Waals surface area contributed by atoms with E-state index in [0.29, 0.717) is 39.3 Å². The van der Waals surface area contributed by atoms with E-state index in [2.05, 4.69) is 4.98 Å². The fourth-order valence-electron chi connectivity index (χ4n) is 2.94. The van der Waals surface area contributed by atoms with Crippen LogP contribution in [0.15, 0.2) is 36.5 Å². The lowest BCUT2D eigenvalue weighted by Gasteiger charge is -2.14. The first kappa shape index (κ1) is 18.3. The number of nitrogens with zero attached hydrogens (tertiary/aromatic N) is 1. The Bertz CT molecular complexity index is 1020. The summed E-state index contributed by atoms with van der Waals surface area (Å²) in [5.41, 5.74) is 1.11. The van der Waals surface area contributed by atoms with Gasteiger partial charge in [0, 0.05) is 22.5 Å². The fourth-order valence-corrected chi connectivity index (χ4v) is 2.94. The number of fused-ring (bicyclic) bond motifs is 1. The molecule has 0 saturated carbocycles. The maximum absolute atomic E-state index is 12.0. The average Bonchev–Trinajstić information content (AvgIpc) is 2.72. The third kappa shape index (κ3) is 3.08. The van der Waals surface area contributed by atoms with Crippen LogP contribution in [0.5, 0.6) is 23.0 Å². The largest absolute Gasteiger partial charge is 0.505 e. The van der Waals surface area contributed by atoms with E-state index in [9.17, 15) is 9.90 Å². The van der Waals surface area contributed by atoms with Gasteiger partial charge < -0.3 is 24.1 Å². The molecule has 1 N–H and O–H groups in total. The van der Waals surface area contributed by atoms with Crippen LogP contribution in [-0.4, -0.2) is 44.5 Å². The van der Waals surface area contributed by atoms with Crippen LogP contribution in [0.4, 0.5) is 0 Å². The van der Waals surface area contributed by atoms with Crippen molar-refractivity contribution in [3.63, 3.8) is 0 Å². The molecule has 0 saturated heterocycles. The summed E-state index contributed by atoms with van der Waals surface area (Å²) >= 11 is 0. The Morgan fingerprint density at radius 3 is 2.26 bits per heavy atom. The molecule has 0 radical (unpaired) electrons. The lowest BCUT2D eigenvalue weighted by atomic mass is 10.0. The van der Waals surface area contributed by atoms with E-state index in [4.69, 9.17) is 18.9 Å². The molecular formula is C20H19NO6. The van der Waals surface area contributed by atoms with Crippen LogP contribution in [0, 0.1) is 0 Å². The molecule has 1 heterocycles. The topological polar surface area (TPSA) is 87.1 Å². The molecule has 0 spiro atoms. The van der Waals surface area contributed by atoms with Crippen molar-refractivity contribution < 1.29 is 28.8 Å². The molecule has 0 unspecified atom stereocenters. The number of carbonyl (C=O) groups excluding carboxylic acids is 1. The van der Waals surface area contributed by atoms with Crippen molar-refractivity contribution in [2.75, 3.05) is 28.4 Å². The number of methoxy groups -OCH3 is 4. The quantitative estimate of drug-likeness (QED) is 0.690. The molecule has 7 nitrogen and oxygen atoms in total. The number of esters is 1. The molecule has 0 aliphatic heterocycles. The van der Waals surface area contributed by atoms with E-state index in [1.807, 2.05) is 0 Å². The zero-order chi connectivity index (χ0) is 19.6. The van der Waals surface area contributed by atoms with Crippen molar-refractivity contribution in [1.82, 2.24) is 4.98 Å². The van der Waals surface area contributed by atoms with Crippen LogP contribution in [0.3, 0.4) is 0 Å². The summed E-state index contributed by atoms with van der Waals surface area (Å²) in [5.74, 6) is 0.817. The minimum atomic E-state index is -0.541. The number of rotatable bonds is 5. The molecule has 0 aliphatic carbocycles. The van der Waals surface area contributed by atoms with Gasteiger partial charge in [-0.15, -0.1) is 0 Å². The van der Waals surface area contributed by atoms with Gasteiger partial charge in [0.25, 0.3) is 0 Å². The number of pyridine rings is 1. The molecule has 27 heavy (non-hydrogen) atoms. The van der Waals surface area contributed by atoms with E-state index < -0.39 is 5.97 Å². The Labute approximate surface area is 156 Å². The van der Waals surface area contributed by atoms with Crippen LogP contribution in [0.2, 0.25) is 0 Å². The van der Waals surface area contributed by atoms with Crippen LogP contribution < -0.4 is 14.2 Å². The molecular weight excluding hydrogens is 350 g/mol. The van der Waals surface area contributed by atoms with E-state index in [0.717, 1.165) is 0 Å².